The van der Waals surface area contributed by atoms with E-state index in [1.54, 1.807) is 13.3 Å². The first-order valence-corrected chi connectivity index (χ1v) is 11.5. The molecule has 1 fully saturated rings. The molecule has 0 bridgehead atoms. The second-order valence-electron chi connectivity index (χ2n) is 8.31. The van der Waals surface area contributed by atoms with Crippen LogP contribution in [0.3, 0.4) is 0 Å². The number of carbonyl (C=O) groups is 1. The lowest BCUT2D eigenvalue weighted by Crippen LogP contribution is -2.36. The summed E-state index contributed by atoms with van der Waals surface area (Å²) in [6.45, 7) is 1.95. The highest BCUT2D eigenvalue weighted by molar-refractivity contribution is 6.33. The molecule has 32 heavy (non-hydrogen) atoms. The van der Waals surface area contributed by atoms with Crippen molar-refractivity contribution in [2.45, 2.75) is 57.5 Å². The summed E-state index contributed by atoms with van der Waals surface area (Å²) in [5, 5.41) is 6.57. The molecular weight excluding hydrogens is 424 g/mol. The van der Waals surface area contributed by atoms with Gasteiger partial charge in [0, 0.05) is 19.3 Å². The van der Waals surface area contributed by atoms with Crippen LogP contribution in [0.5, 0.6) is 5.75 Å². The molecule has 1 aliphatic rings. The Labute approximate surface area is 195 Å². The summed E-state index contributed by atoms with van der Waals surface area (Å²) >= 11 is 6.62. The van der Waals surface area contributed by atoms with E-state index in [0.717, 1.165) is 48.1 Å². The molecule has 1 amide bonds. The molecule has 6 nitrogen and oxygen atoms in total. The number of nitrogens with zero attached hydrogens (tertiary/aromatic N) is 1. The minimum atomic E-state index is -0.274. The zero-order valence-electron chi connectivity index (χ0n) is 19.1. The minimum Gasteiger partial charge on any atom is -0.494 e. The van der Waals surface area contributed by atoms with Crippen molar-refractivity contribution in [2.75, 3.05) is 14.2 Å². The first kappa shape index (κ1) is 24.1. The summed E-state index contributed by atoms with van der Waals surface area (Å²) < 4.78 is 5.52. The van der Waals surface area contributed by atoms with Gasteiger partial charge in [0.25, 0.3) is 5.91 Å². The van der Waals surface area contributed by atoms with E-state index in [9.17, 15) is 4.79 Å². The number of nitrogens with two attached hydrogens (primary N) is 1. The molecule has 1 atom stereocenters. The van der Waals surface area contributed by atoms with Gasteiger partial charge < -0.3 is 21.1 Å². The van der Waals surface area contributed by atoms with Crippen molar-refractivity contribution >= 4 is 17.5 Å². The number of aromatic nitrogens is 1. The minimum absolute atomic E-state index is 0.132. The lowest BCUT2D eigenvalue weighted by Gasteiger charge is -2.24. The van der Waals surface area contributed by atoms with Gasteiger partial charge in [-0.25, -0.2) is 0 Å². The van der Waals surface area contributed by atoms with Gasteiger partial charge in [-0.1, -0.05) is 36.9 Å². The van der Waals surface area contributed by atoms with E-state index in [1.807, 2.05) is 44.4 Å². The summed E-state index contributed by atoms with van der Waals surface area (Å²) in [7, 11) is 3.37. The first-order valence-electron chi connectivity index (χ1n) is 11.2. The van der Waals surface area contributed by atoms with Gasteiger partial charge in [0.05, 0.1) is 29.4 Å². The van der Waals surface area contributed by atoms with Crippen LogP contribution in [-0.2, 0) is 6.42 Å². The standard InChI is InChI=1S/C25H33ClN4O2/c1-16-18(13-17-9-10-22(29-15-17)21(27)11-12-28-2)14-20(24(32-3)23(16)26)25(31)30-19-7-5-4-6-8-19/h9-12,14-15,19,21,28H,4-8,13,27H2,1-3H3,(H,30,31)/b12-11-. The van der Waals surface area contributed by atoms with Crippen LogP contribution in [0.25, 0.3) is 0 Å². The smallest absolute Gasteiger partial charge is 0.255 e. The SMILES string of the molecule is CN/C=C\C(N)c1ccc(Cc2cc(C(=O)NC3CCCCC3)c(OC)c(Cl)c2C)cn1. The summed E-state index contributed by atoms with van der Waals surface area (Å²) in [4.78, 5) is 17.6. The van der Waals surface area contributed by atoms with E-state index < -0.39 is 0 Å². The number of hydrogen-bond donors (Lipinski definition) is 3. The maximum Gasteiger partial charge on any atom is 0.255 e. The van der Waals surface area contributed by atoms with Crippen LogP contribution in [0.2, 0.25) is 5.02 Å². The van der Waals surface area contributed by atoms with Crippen molar-refractivity contribution < 1.29 is 9.53 Å². The Hall–Kier alpha value is -2.57. The largest absolute Gasteiger partial charge is 0.494 e. The van der Waals surface area contributed by atoms with Crippen LogP contribution < -0.4 is 21.1 Å². The van der Waals surface area contributed by atoms with Crippen LogP contribution >= 0.6 is 11.6 Å². The van der Waals surface area contributed by atoms with Gasteiger partial charge >= 0.3 is 0 Å². The van der Waals surface area contributed by atoms with Crippen molar-refractivity contribution in [1.82, 2.24) is 15.6 Å². The third-order valence-corrected chi connectivity index (χ3v) is 6.47. The number of methoxy groups -OCH3 is 1. The fraction of sp³-hybridized carbons (Fsp3) is 0.440. The van der Waals surface area contributed by atoms with Crippen molar-refractivity contribution in [2.24, 2.45) is 5.73 Å². The lowest BCUT2D eigenvalue weighted by atomic mass is 9.94. The maximum atomic E-state index is 13.1. The quantitative estimate of drug-likeness (QED) is 0.546. The monoisotopic (exact) mass is 456 g/mol. The van der Waals surface area contributed by atoms with E-state index in [2.05, 4.69) is 15.6 Å². The summed E-state index contributed by atoms with van der Waals surface area (Å²) in [5.41, 5.74) is 10.3. The molecule has 172 valence electrons. The fourth-order valence-corrected chi connectivity index (χ4v) is 4.40. The zero-order chi connectivity index (χ0) is 23.1. The molecular formula is C25H33ClN4O2. The number of carbonyl (C=O) groups excluding carboxylic acids is 1. The number of amides is 1. The Morgan fingerprint density at radius 2 is 2.09 bits per heavy atom. The summed E-state index contributed by atoms with van der Waals surface area (Å²) in [6, 6.07) is 5.77. The average molecular weight is 457 g/mol. The highest BCUT2D eigenvalue weighted by atomic mass is 35.5. The Kier molecular flexibility index (Phi) is 8.53. The number of halogens is 1. The van der Waals surface area contributed by atoms with Crippen LogP contribution in [0.1, 0.15) is 70.9 Å². The van der Waals surface area contributed by atoms with Crippen molar-refractivity contribution in [3.63, 3.8) is 0 Å². The Bertz CT molecular complexity index is 953. The number of hydrogen-bond acceptors (Lipinski definition) is 5. The zero-order valence-corrected chi connectivity index (χ0v) is 19.8. The van der Waals surface area contributed by atoms with Gasteiger partial charge in [0.1, 0.15) is 5.75 Å². The topological polar surface area (TPSA) is 89.3 Å². The predicted molar refractivity (Wildman–Crippen MR) is 129 cm³/mol. The molecule has 0 radical (unpaired) electrons. The third kappa shape index (κ3) is 5.81. The Morgan fingerprint density at radius 3 is 2.72 bits per heavy atom. The maximum absolute atomic E-state index is 13.1. The van der Waals surface area contributed by atoms with Crippen LogP contribution in [0, 0.1) is 6.92 Å². The number of benzene rings is 1. The summed E-state index contributed by atoms with van der Waals surface area (Å²) in [6.07, 6.45) is 11.7. The van der Waals surface area contributed by atoms with Crippen molar-refractivity contribution in [1.29, 1.82) is 0 Å². The molecule has 1 unspecified atom stereocenters. The number of rotatable bonds is 8. The molecule has 1 aliphatic carbocycles. The Morgan fingerprint density at radius 1 is 1.34 bits per heavy atom. The van der Waals surface area contributed by atoms with Gasteiger partial charge in [-0.05, 0) is 67.3 Å². The average Bonchev–Trinajstić information content (AvgIpc) is 2.81. The predicted octanol–water partition coefficient (Wildman–Crippen LogP) is 4.44. The Balaban J connectivity index is 1.83. The van der Waals surface area contributed by atoms with Crippen molar-refractivity contribution in [3.8, 4) is 5.75 Å². The molecule has 3 rings (SSSR count). The highest BCUT2D eigenvalue weighted by Crippen LogP contribution is 2.35. The third-order valence-electron chi connectivity index (χ3n) is 6.02. The molecule has 1 aromatic carbocycles. The second-order valence-corrected chi connectivity index (χ2v) is 8.68. The van der Waals surface area contributed by atoms with Gasteiger partial charge in [0.15, 0.2) is 0 Å². The molecule has 0 spiro atoms. The van der Waals surface area contributed by atoms with Crippen molar-refractivity contribution in [3.05, 3.63) is 69.6 Å². The van der Waals surface area contributed by atoms with E-state index in [-0.39, 0.29) is 18.0 Å². The highest BCUT2D eigenvalue weighted by Gasteiger charge is 2.23. The molecule has 1 heterocycles. The number of ether oxygens (including phenoxy) is 1. The van der Waals surface area contributed by atoms with Crippen LogP contribution in [-0.4, -0.2) is 31.1 Å². The number of nitrogens with one attached hydrogen (secondary N) is 2. The summed E-state index contributed by atoms with van der Waals surface area (Å²) in [5.74, 6) is 0.296. The first-order chi connectivity index (χ1) is 15.4. The van der Waals surface area contributed by atoms with Crippen LogP contribution in [0.15, 0.2) is 36.7 Å². The van der Waals surface area contributed by atoms with E-state index in [4.69, 9.17) is 22.1 Å². The van der Waals surface area contributed by atoms with E-state index in [1.165, 1.54) is 6.42 Å². The molecule has 7 heteroatoms. The van der Waals surface area contributed by atoms with E-state index >= 15 is 0 Å². The van der Waals surface area contributed by atoms with Crippen LogP contribution in [0.4, 0.5) is 0 Å². The molecule has 1 saturated carbocycles. The second kappa shape index (κ2) is 11.3. The molecule has 1 aromatic heterocycles. The van der Waals surface area contributed by atoms with E-state index in [0.29, 0.717) is 22.8 Å². The molecule has 0 saturated heterocycles. The van der Waals surface area contributed by atoms with Gasteiger partial charge in [-0.2, -0.15) is 0 Å². The molecule has 0 aliphatic heterocycles. The normalized spacial score (nSPS) is 15.5. The number of pyridine rings is 1. The lowest BCUT2D eigenvalue weighted by molar-refractivity contribution is 0.0924. The van der Waals surface area contributed by atoms with Gasteiger partial charge in [0.2, 0.25) is 0 Å². The van der Waals surface area contributed by atoms with Gasteiger partial charge in [-0.15, -0.1) is 0 Å². The molecule has 2 aromatic rings. The molecule has 4 N–H and O–H groups in total. The fourth-order valence-electron chi connectivity index (χ4n) is 4.10. The van der Waals surface area contributed by atoms with Gasteiger partial charge in [-0.3, -0.25) is 9.78 Å².